The third kappa shape index (κ3) is 5.06. The molecule has 0 saturated carbocycles. The van der Waals surface area contributed by atoms with E-state index in [1.807, 2.05) is 6.92 Å². The summed E-state index contributed by atoms with van der Waals surface area (Å²) in [7, 11) is -3.98. The van der Waals surface area contributed by atoms with Gasteiger partial charge in [-0.05, 0) is 55.2 Å². The van der Waals surface area contributed by atoms with Crippen molar-refractivity contribution in [3.63, 3.8) is 0 Å². The van der Waals surface area contributed by atoms with Crippen LogP contribution in [0.1, 0.15) is 33.3 Å². The van der Waals surface area contributed by atoms with Crippen molar-refractivity contribution in [1.29, 1.82) is 0 Å². The highest BCUT2D eigenvalue weighted by molar-refractivity contribution is 7.89. The number of anilines is 2. The third-order valence-electron chi connectivity index (χ3n) is 5.13. The number of fused-ring (bicyclic) bond motifs is 1. The predicted molar refractivity (Wildman–Crippen MR) is 120 cm³/mol. The van der Waals surface area contributed by atoms with Crippen LogP contribution in [0.3, 0.4) is 0 Å². The molecule has 0 aliphatic carbocycles. The maximum atomic E-state index is 13.0. The van der Waals surface area contributed by atoms with Gasteiger partial charge in [0.25, 0.3) is 0 Å². The number of benzene rings is 1. The molecule has 0 saturated heterocycles. The number of carbonyl (C=O) groups is 2. The number of aromatic nitrogens is 1. The summed E-state index contributed by atoms with van der Waals surface area (Å²) in [4.78, 5) is 30.4. The molecule has 2 aromatic rings. The monoisotopic (exact) mass is 464 g/mol. The number of hydrogen-bond donors (Lipinski definition) is 2. The number of hydrogen-bond acceptors (Lipinski definition) is 5. The van der Waals surface area contributed by atoms with Gasteiger partial charge in [-0.3, -0.25) is 9.59 Å². The highest BCUT2D eigenvalue weighted by atomic mass is 35.5. The normalized spacial score (nSPS) is 16.8. The summed E-state index contributed by atoms with van der Waals surface area (Å²) >= 11 is 5.80. The lowest BCUT2D eigenvalue weighted by molar-refractivity contribution is -0.119. The molecule has 0 fully saturated rings. The number of halogens is 1. The van der Waals surface area contributed by atoms with Crippen molar-refractivity contribution in [3.05, 3.63) is 47.1 Å². The molecule has 0 unspecified atom stereocenters. The van der Waals surface area contributed by atoms with Gasteiger partial charge in [0.05, 0.1) is 9.92 Å². The summed E-state index contributed by atoms with van der Waals surface area (Å²) in [5.74, 6) is -0.655. The first-order valence-electron chi connectivity index (χ1n) is 9.87. The summed E-state index contributed by atoms with van der Waals surface area (Å²) in [5, 5.41) is 3.03. The van der Waals surface area contributed by atoms with Crippen molar-refractivity contribution in [2.45, 2.75) is 51.1 Å². The van der Waals surface area contributed by atoms with Crippen molar-refractivity contribution in [1.82, 2.24) is 9.71 Å². The molecule has 0 spiro atoms. The zero-order valence-electron chi connectivity index (χ0n) is 17.7. The van der Waals surface area contributed by atoms with Gasteiger partial charge in [0.1, 0.15) is 11.9 Å². The maximum Gasteiger partial charge on any atom is 0.243 e. The van der Waals surface area contributed by atoms with Crippen molar-refractivity contribution >= 4 is 44.9 Å². The quantitative estimate of drug-likeness (QED) is 0.683. The number of nitrogens with one attached hydrogen (secondary N) is 2. The Morgan fingerprint density at radius 1 is 1.23 bits per heavy atom. The number of amides is 2. The first kappa shape index (κ1) is 23.2. The fourth-order valence-electron chi connectivity index (χ4n) is 3.64. The van der Waals surface area contributed by atoms with Crippen LogP contribution < -0.4 is 14.9 Å². The third-order valence-corrected chi connectivity index (χ3v) is 6.79. The fourth-order valence-corrected chi connectivity index (χ4v) is 5.14. The Labute approximate surface area is 187 Å². The van der Waals surface area contributed by atoms with E-state index in [0.717, 1.165) is 5.56 Å². The molecule has 8 nitrogen and oxygen atoms in total. The van der Waals surface area contributed by atoms with Crippen molar-refractivity contribution in [3.8, 4) is 0 Å². The van der Waals surface area contributed by atoms with Gasteiger partial charge in [0.15, 0.2) is 0 Å². The summed E-state index contributed by atoms with van der Waals surface area (Å²) in [6.07, 6.45) is 1.95. The number of pyridine rings is 1. The van der Waals surface area contributed by atoms with E-state index in [1.165, 1.54) is 25.3 Å². The minimum atomic E-state index is -3.98. The average Bonchev–Trinajstić information content (AvgIpc) is 3.02. The Bertz CT molecular complexity index is 1100. The van der Waals surface area contributed by atoms with Crippen molar-refractivity contribution < 1.29 is 18.0 Å². The molecule has 2 amide bonds. The van der Waals surface area contributed by atoms with E-state index >= 15 is 0 Å². The Balaban J connectivity index is 1.82. The van der Waals surface area contributed by atoms with E-state index in [4.69, 9.17) is 11.6 Å². The Morgan fingerprint density at radius 3 is 2.52 bits per heavy atom. The molecule has 0 radical (unpaired) electrons. The number of carbonyl (C=O) groups excluding carboxylic acids is 2. The molecular formula is C21H25ClN4O4S. The number of nitrogens with zero attached hydrogens (tertiary/aromatic N) is 2. The zero-order chi connectivity index (χ0) is 22.9. The molecule has 2 atom stereocenters. The average molecular weight is 465 g/mol. The van der Waals surface area contributed by atoms with Crippen molar-refractivity contribution in [2.75, 3.05) is 10.2 Å². The topological polar surface area (TPSA) is 108 Å². The van der Waals surface area contributed by atoms with Crippen LogP contribution in [0, 0.1) is 5.92 Å². The molecule has 3 rings (SSSR count). The molecule has 0 bridgehead atoms. The minimum absolute atomic E-state index is 0.0421. The predicted octanol–water partition coefficient (Wildman–Crippen LogP) is 2.97. The van der Waals surface area contributed by atoms with Crippen LogP contribution in [0.25, 0.3) is 0 Å². The SMILES string of the molecule is CC(=O)N1c2ccc(S(=O)(=O)N[C@H](C(=O)Nc3ccc(Cl)cn3)C(C)C)cc2C[C@@H]1C. The van der Waals surface area contributed by atoms with Crippen LogP contribution in [0.4, 0.5) is 11.5 Å². The van der Waals surface area contributed by atoms with Crippen LogP contribution >= 0.6 is 11.6 Å². The van der Waals surface area contributed by atoms with Gasteiger partial charge in [-0.15, -0.1) is 0 Å². The number of rotatable bonds is 6. The van der Waals surface area contributed by atoms with Gasteiger partial charge in [-0.1, -0.05) is 25.4 Å². The molecule has 1 aliphatic rings. The lowest BCUT2D eigenvalue weighted by Gasteiger charge is -2.22. The lowest BCUT2D eigenvalue weighted by atomic mass is 10.1. The molecular weight excluding hydrogens is 440 g/mol. The van der Waals surface area contributed by atoms with E-state index in [0.29, 0.717) is 17.1 Å². The Hall–Kier alpha value is -2.49. The largest absolute Gasteiger partial charge is 0.309 e. The molecule has 166 valence electrons. The van der Waals surface area contributed by atoms with Gasteiger partial charge < -0.3 is 10.2 Å². The number of sulfonamides is 1. The second-order valence-corrected chi connectivity index (χ2v) is 10.1. The van der Waals surface area contributed by atoms with Gasteiger partial charge in [-0.2, -0.15) is 4.72 Å². The van der Waals surface area contributed by atoms with Crippen LogP contribution in [-0.2, 0) is 26.0 Å². The van der Waals surface area contributed by atoms with Crippen LogP contribution in [0.2, 0.25) is 5.02 Å². The van der Waals surface area contributed by atoms with Crippen LogP contribution in [-0.4, -0.2) is 37.3 Å². The first-order chi connectivity index (χ1) is 14.5. The minimum Gasteiger partial charge on any atom is -0.309 e. The van der Waals surface area contributed by atoms with Crippen LogP contribution in [0.15, 0.2) is 41.4 Å². The fraction of sp³-hybridized carbons (Fsp3) is 0.381. The van der Waals surface area contributed by atoms with E-state index in [2.05, 4.69) is 15.0 Å². The van der Waals surface area contributed by atoms with Gasteiger partial charge >= 0.3 is 0 Å². The maximum absolute atomic E-state index is 13.0. The molecule has 1 aromatic carbocycles. The zero-order valence-corrected chi connectivity index (χ0v) is 19.3. The van der Waals surface area contributed by atoms with E-state index in [-0.39, 0.29) is 28.6 Å². The van der Waals surface area contributed by atoms with E-state index in [9.17, 15) is 18.0 Å². The smallest absolute Gasteiger partial charge is 0.243 e. The summed E-state index contributed by atoms with van der Waals surface area (Å²) < 4.78 is 28.6. The molecule has 1 aromatic heterocycles. The standard InChI is InChI=1S/C21H25ClN4O4S/c1-12(2)20(21(28)24-19-8-5-16(22)11-23-19)25-31(29,30)17-6-7-18-15(10-17)9-13(3)26(18)14(4)27/h5-8,10-13,20,25H,9H2,1-4H3,(H,23,24,28)/t13-,20-/m0/s1. The van der Waals surface area contributed by atoms with Crippen molar-refractivity contribution in [2.24, 2.45) is 5.92 Å². The molecule has 2 N–H and O–H groups in total. The molecule has 10 heteroatoms. The highest BCUT2D eigenvalue weighted by Crippen LogP contribution is 2.34. The van der Waals surface area contributed by atoms with Gasteiger partial charge in [-0.25, -0.2) is 13.4 Å². The lowest BCUT2D eigenvalue weighted by Crippen LogP contribution is -2.47. The first-order valence-corrected chi connectivity index (χ1v) is 11.7. The van der Waals surface area contributed by atoms with E-state index < -0.39 is 22.0 Å². The Kier molecular flexibility index (Phi) is 6.68. The molecule has 31 heavy (non-hydrogen) atoms. The second kappa shape index (κ2) is 8.94. The summed E-state index contributed by atoms with van der Waals surface area (Å²) in [6, 6.07) is 6.71. The van der Waals surface area contributed by atoms with Gasteiger partial charge in [0.2, 0.25) is 21.8 Å². The highest BCUT2D eigenvalue weighted by Gasteiger charge is 2.32. The summed E-state index contributed by atoms with van der Waals surface area (Å²) in [5.41, 5.74) is 1.49. The molecule has 1 aliphatic heterocycles. The Morgan fingerprint density at radius 2 is 1.94 bits per heavy atom. The van der Waals surface area contributed by atoms with E-state index in [1.54, 1.807) is 36.9 Å². The van der Waals surface area contributed by atoms with Crippen LogP contribution in [0.5, 0.6) is 0 Å². The second-order valence-electron chi connectivity index (χ2n) is 7.93. The molecule has 2 heterocycles. The summed E-state index contributed by atoms with van der Waals surface area (Å²) in [6.45, 7) is 6.89. The van der Waals surface area contributed by atoms with Gasteiger partial charge in [0, 0.05) is 24.8 Å².